The number of aldehydes is 1. The lowest BCUT2D eigenvalue weighted by Gasteiger charge is -2.03. The second kappa shape index (κ2) is 17.6. The Hall–Kier alpha value is -0.410. The first-order chi connectivity index (χ1) is 9.41. The maximum atomic E-state index is 10.1. The number of hydrogen-bond acceptors (Lipinski definition) is 3. The molecule has 0 aliphatic carbocycles. The zero-order valence-electron chi connectivity index (χ0n) is 12.7. The number of carbonyl (C=O) groups is 1. The molecule has 114 valence electrons. The van der Waals surface area contributed by atoms with E-state index in [1.165, 1.54) is 57.8 Å². The zero-order valence-corrected chi connectivity index (χ0v) is 12.7. The van der Waals surface area contributed by atoms with Crippen molar-refractivity contribution in [3.05, 3.63) is 0 Å². The summed E-state index contributed by atoms with van der Waals surface area (Å²) in [6, 6.07) is 0. The Balaban J connectivity index is 2.89. The summed E-state index contributed by atoms with van der Waals surface area (Å²) in [5, 5.41) is 0. The molecule has 0 heterocycles. The fourth-order valence-corrected chi connectivity index (χ4v) is 2.17. The molecule has 0 fully saturated rings. The summed E-state index contributed by atoms with van der Waals surface area (Å²) in [5.41, 5.74) is 0. The van der Waals surface area contributed by atoms with Gasteiger partial charge in [-0.05, 0) is 12.8 Å². The maximum Gasteiger partial charge on any atom is 0.146 e. The van der Waals surface area contributed by atoms with Gasteiger partial charge in [0.15, 0.2) is 0 Å². The number of carbonyl (C=O) groups excluding carboxylic acids is 1. The minimum atomic E-state index is 0.423. The number of methoxy groups -OCH3 is 1. The molecule has 0 N–H and O–H groups in total. The van der Waals surface area contributed by atoms with Crippen LogP contribution in [0.5, 0.6) is 0 Å². The summed E-state index contributed by atoms with van der Waals surface area (Å²) in [5.74, 6) is 0. The quantitative estimate of drug-likeness (QED) is 0.236. The van der Waals surface area contributed by atoms with Crippen LogP contribution in [0.3, 0.4) is 0 Å². The minimum Gasteiger partial charge on any atom is -0.359 e. The summed E-state index contributed by atoms with van der Waals surface area (Å²) in [6.07, 6.45) is 15.9. The molecule has 0 unspecified atom stereocenters. The molecule has 0 aromatic rings. The largest absolute Gasteiger partial charge is 0.359 e. The molecule has 0 aliphatic rings. The van der Waals surface area contributed by atoms with E-state index < -0.39 is 0 Å². The van der Waals surface area contributed by atoms with Gasteiger partial charge in [0.05, 0.1) is 0 Å². The van der Waals surface area contributed by atoms with Crippen LogP contribution in [0.25, 0.3) is 0 Å². The van der Waals surface area contributed by atoms with E-state index in [1.807, 2.05) is 0 Å². The van der Waals surface area contributed by atoms with Crippen LogP contribution < -0.4 is 0 Å². The Morgan fingerprint density at radius 3 is 1.68 bits per heavy atom. The maximum absolute atomic E-state index is 10.1. The van der Waals surface area contributed by atoms with Gasteiger partial charge in [-0.25, -0.2) is 0 Å². The molecule has 0 saturated carbocycles. The molecule has 0 aromatic carbocycles. The van der Waals surface area contributed by atoms with Crippen LogP contribution in [0.4, 0.5) is 0 Å². The van der Waals surface area contributed by atoms with Crippen molar-refractivity contribution in [3.8, 4) is 0 Å². The highest BCUT2D eigenvalue weighted by Gasteiger charge is 1.94. The topological polar surface area (TPSA) is 35.5 Å². The third kappa shape index (κ3) is 17.6. The highest BCUT2D eigenvalue weighted by Crippen LogP contribution is 2.11. The molecule has 3 heteroatoms. The molecule has 0 rings (SSSR count). The predicted octanol–water partition coefficient (Wildman–Crippen LogP) is 4.49. The van der Waals surface area contributed by atoms with Crippen molar-refractivity contribution in [1.82, 2.24) is 0 Å². The van der Waals surface area contributed by atoms with Crippen LogP contribution in [0.15, 0.2) is 0 Å². The third-order valence-corrected chi connectivity index (χ3v) is 3.31. The van der Waals surface area contributed by atoms with Crippen molar-refractivity contribution in [2.75, 3.05) is 20.5 Å². The Bertz CT molecular complexity index is 171. The van der Waals surface area contributed by atoms with Gasteiger partial charge in [0.1, 0.15) is 13.1 Å². The van der Waals surface area contributed by atoms with Gasteiger partial charge < -0.3 is 14.3 Å². The van der Waals surface area contributed by atoms with Gasteiger partial charge in [-0.1, -0.05) is 57.8 Å². The highest BCUT2D eigenvalue weighted by atomic mass is 16.7. The van der Waals surface area contributed by atoms with E-state index in [1.54, 1.807) is 7.11 Å². The number of ether oxygens (including phenoxy) is 2. The fraction of sp³-hybridized carbons (Fsp3) is 0.938. The van der Waals surface area contributed by atoms with E-state index in [4.69, 9.17) is 9.47 Å². The molecule has 0 saturated heterocycles. The predicted molar refractivity (Wildman–Crippen MR) is 79.3 cm³/mol. The van der Waals surface area contributed by atoms with E-state index in [0.717, 1.165) is 32.2 Å². The van der Waals surface area contributed by atoms with Gasteiger partial charge in [0, 0.05) is 20.1 Å². The van der Waals surface area contributed by atoms with Gasteiger partial charge in [-0.3, -0.25) is 0 Å². The van der Waals surface area contributed by atoms with Crippen molar-refractivity contribution in [3.63, 3.8) is 0 Å². The first-order valence-electron chi connectivity index (χ1n) is 7.92. The number of unbranched alkanes of at least 4 members (excludes halogenated alkanes) is 11. The lowest BCUT2D eigenvalue weighted by molar-refractivity contribution is -0.107. The molecule has 0 amide bonds. The summed E-state index contributed by atoms with van der Waals surface area (Å²) < 4.78 is 10.1. The number of hydrogen-bond donors (Lipinski definition) is 0. The van der Waals surface area contributed by atoms with Crippen molar-refractivity contribution in [2.45, 2.75) is 77.0 Å². The molecule has 19 heavy (non-hydrogen) atoms. The number of rotatable bonds is 16. The molecular formula is C16H32O3. The van der Waals surface area contributed by atoms with Crippen LogP contribution in [0.2, 0.25) is 0 Å². The van der Waals surface area contributed by atoms with Crippen molar-refractivity contribution >= 4 is 6.29 Å². The molecule has 0 aromatic heterocycles. The van der Waals surface area contributed by atoms with Crippen molar-refractivity contribution in [2.24, 2.45) is 0 Å². The molecule has 0 bridgehead atoms. The Morgan fingerprint density at radius 2 is 1.21 bits per heavy atom. The molecule has 0 aliphatic heterocycles. The van der Waals surface area contributed by atoms with E-state index in [2.05, 4.69) is 0 Å². The van der Waals surface area contributed by atoms with Gasteiger partial charge in [0.2, 0.25) is 0 Å². The fourth-order valence-electron chi connectivity index (χ4n) is 2.17. The van der Waals surface area contributed by atoms with E-state index in [9.17, 15) is 4.79 Å². The zero-order chi connectivity index (χ0) is 14.0. The van der Waals surface area contributed by atoms with E-state index >= 15 is 0 Å². The van der Waals surface area contributed by atoms with Gasteiger partial charge >= 0.3 is 0 Å². The van der Waals surface area contributed by atoms with Crippen LogP contribution in [0.1, 0.15) is 77.0 Å². The van der Waals surface area contributed by atoms with Gasteiger partial charge in [-0.15, -0.1) is 0 Å². The average molecular weight is 272 g/mol. The SMILES string of the molecule is COCOCCCCCCCCCCCCCC=O. The minimum absolute atomic E-state index is 0.423. The molecule has 3 nitrogen and oxygen atoms in total. The molecule has 0 spiro atoms. The Labute approximate surface area is 119 Å². The summed E-state index contributed by atoms with van der Waals surface area (Å²) in [7, 11) is 1.66. The Morgan fingerprint density at radius 1 is 0.737 bits per heavy atom. The van der Waals surface area contributed by atoms with Crippen LogP contribution in [0, 0.1) is 0 Å². The average Bonchev–Trinajstić information content (AvgIpc) is 2.43. The molecule has 0 atom stereocenters. The van der Waals surface area contributed by atoms with E-state index in [-0.39, 0.29) is 0 Å². The van der Waals surface area contributed by atoms with Crippen LogP contribution >= 0.6 is 0 Å². The lowest BCUT2D eigenvalue weighted by Crippen LogP contribution is -1.98. The van der Waals surface area contributed by atoms with Crippen LogP contribution in [-0.2, 0) is 14.3 Å². The summed E-state index contributed by atoms with van der Waals surface area (Å²) in [4.78, 5) is 10.1. The van der Waals surface area contributed by atoms with Crippen molar-refractivity contribution < 1.29 is 14.3 Å². The van der Waals surface area contributed by atoms with Crippen molar-refractivity contribution in [1.29, 1.82) is 0 Å². The van der Waals surface area contributed by atoms with Crippen LogP contribution in [-0.4, -0.2) is 26.8 Å². The molecular weight excluding hydrogens is 240 g/mol. The van der Waals surface area contributed by atoms with E-state index in [0.29, 0.717) is 6.79 Å². The highest BCUT2D eigenvalue weighted by molar-refractivity contribution is 5.48. The monoisotopic (exact) mass is 272 g/mol. The third-order valence-electron chi connectivity index (χ3n) is 3.31. The Kier molecular flexibility index (Phi) is 17.2. The first-order valence-corrected chi connectivity index (χ1v) is 7.92. The smallest absolute Gasteiger partial charge is 0.146 e. The summed E-state index contributed by atoms with van der Waals surface area (Å²) in [6.45, 7) is 1.25. The van der Waals surface area contributed by atoms with Gasteiger partial charge in [0.25, 0.3) is 0 Å². The second-order valence-corrected chi connectivity index (χ2v) is 5.16. The lowest BCUT2D eigenvalue weighted by atomic mass is 10.1. The molecule has 0 radical (unpaired) electrons. The first kappa shape index (κ1) is 18.6. The van der Waals surface area contributed by atoms with Gasteiger partial charge in [-0.2, -0.15) is 0 Å². The standard InChI is InChI=1S/C16H32O3/c1-18-16-19-15-13-11-9-7-5-3-2-4-6-8-10-12-14-17/h14H,2-13,15-16H2,1H3. The normalized spacial score (nSPS) is 10.8. The second-order valence-electron chi connectivity index (χ2n) is 5.16. The summed E-state index contributed by atoms with van der Waals surface area (Å²) >= 11 is 0.